The van der Waals surface area contributed by atoms with Gasteiger partial charge in [-0.05, 0) is 12.1 Å². The molecule has 2 aromatic rings. The van der Waals surface area contributed by atoms with Crippen LogP contribution in [-0.2, 0) is 34.3 Å². The topological polar surface area (TPSA) is 121 Å². The van der Waals surface area contributed by atoms with Crippen molar-refractivity contribution in [3.63, 3.8) is 0 Å². The monoisotopic (exact) mass is 555 g/mol. The summed E-state index contributed by atoms with van der Waals surface area (Å²) < 4.78 is 71.2. The van der Waals surface area contributed by atoms with Crippen molar-refractivity contribution in [2.75, 3.05) is 39.4 Å². The molecule has 2 aliphatic rings. The molecule has 0 spiro atoms. The van der Waals surface area contributed by atoms with Gasteiger partial charge in [-0.25, -0.2) is 14.6 Å². The fourth-order valence-corrected chi connectivity index (χ4v) is 3.75. The van der Waals surface area contributed by atoms with Crippen molar-refractivity contribution in [3.8, 4) is 0 Å². The predicted molar refractivity (Wildman–Crippen MR) is 119 cm³/mol. The number of fused-ring (bicyclic) bond motifs is 1. The van der Waals surface area contributed by atoms with E-state index in [-0.39, 0.29) is 0 Å². The highest BCUT2D eigenvalue weighted by Gasteiger charge is 2.39. The molecule has 4 heterocycles. The number of ether oxygens (including phenoxy) is 1. The van der Waals surface area contributed by atoms with E-state index in [1.807, 2.05) is 18.6 Å². The number of halogens is 6. The van der Waals surface area contributed by atoms with Crippen molar-refractivity contribution in [2.24, 2.45) is 7.05 Å². The number of morpholine rings is 1. The number of carboxylic acid groups (broad SMARTS) is 2. The minimum atomic E-state index is -5.08. The Bertz CT molecular complexity index is 1020. The van der Waals surface area contributed by atoms with Crippen LogP contribution in [0.25, 0.3) is 0 Å². The van der Waals surface area contributed by atoms with Crippen molar-refractivity contribution in [1.29, 1.82) is 0 Å². The minimum Gasteiger partial charge on any atom is -0.475 e. The summed E-state index contributed by atoms with van der Waals surface area (Å²) in [7, 11) is 2.10. The third kappa shape index (κ3) is 9.57. The number of hydrogen-bond donors (Lipinski definition) is 2. The van der Waals surface area contributed by atoms with Gasteiger partial charge in [0.15, 0.2) is 0 Å². The Kier molecular flexibility index (Phi) is 11.0. The molecule has 1 fully saturated rings. The smallest absolute Gasteiger partial charge is 0.475 e. The Morgan fingerprint density at radius 2 is 1.58 bits per heavy atom. The average molecular weight is 555 g/mol. The Morgan fingerprint density at radius 1 is 1.00 bits per heavy atom. The van der Waals surface area contributed by atoms with Crippen molar-refractivity contribution >= 4 is 11.9 Å². The molecule has 0 bridgehead atoms. The Balaban J connectivity index is 0.000000301. The molecule has 0 saturated carbocycles. The number of aromatic nitrogens is 3. The van der Waals surface area contributed by atoms with E-state index < -0.39 is 24.3 Å². The maximum atomic E-state index is 10.6. The van der Waals surface area contributed by atoms with Crippen molar-refractivity contribution in [2.45, 2.75) is 31.4 Å². The van der Waals surface area contributed by atoms with Gasteiger partial charge in [0.05, 0.1) is 37.0 Å². The Morgan fingerprint density at radius 3 is 2.08 bits per heavy atom. The number of rotatable bonds is 4. The van der Waals surface area contributed by atoms with E-state index in [0.29, 0.717) is 6.04 Å². The molecule has 1 unspecified atom stereocenters. The van der Waals surface area contributed by atoms with Crippen LogP contribution in [0, 0.1) is 0 Å². The largest absolute Gasteiger partial charge is 0.490 e. The number of aryl methyl sites for hydroxylation is 1. The van der Waals surface area contributed by atoms with E-state index in [2.05, 4.69) is 38.5 Å². The van der Waals surface area contributed by atoms with Gasteiger partial charge in [0.1, 0.15) is 0 Å². The van der Waals surface area contributed by atoms with Crippen molar-refractivity contribution in [3.05, 3.63) is 47.8 Å². The highest BCUT2D eigenvalue weighted by atomic mass is 19.4. The molecule has 0 aromatic carbocycles. The van der Waals surface area contributed by atoms with Crippen molar-refractivity contribution in [1.82, 2.24) is 24.3 Å². The maximum absolute atomic E-state index is 10.6. The number of carboxylic acids is 2. The first-order valence-corrected chi connectivity index (χ1v) is 11.2. The van der Waals surface area contributed by atoms with Crippen LogP contribution < -0.4 is 0 Å². The first-order chi connectivity index (χ1) is 17.7. The van der Waals surface area contributed by atoms with Crippen LogP contribution in [0.2, 0.25) is 0 Å². The summed E-state index contributed by atoms with van der Waals surface area (Å²) in [6.07, 6.45) is -5.28. The number of alkyl halides is 6. The second-order valence-electron chi connectivity index (χ2n) is 8.26. The van der Waals surface area contributed by atoms with Gasteiger partial charge in [-0.1, -0.05) is 6.07 Å². The van der Waals surface area contributed by atoms with E-state index in [0.717, 1.165) is 58.1 Å². The molecule has 10 nitrogen and oxygen atoms in total. The first kappa shape index (κ1) is 31.0. The van der Waals surface area contributed by atoms with Gasteiger partial charge in [-0.3, -0.25) is 14.8 Å². The third-order valence-corrected chi connectivity index (χ3v) is 5.59. The van der Waals surface area contributed by atoms with Crippen LogP contribution in [0.1, 0.15) is 23.1 Å². The SMILES string of the molecule is Cn1cnc2c1CCN(Cc1ccccn1)C2CN1CCOCC1.O=C(O)C(F)(F)F.O=C(O)C(F)(F)F. The lowest BCUT2D eigenvalue weighted by Crippen LogP contribution is -2.45. The van der Waals surface area contributed by atoms with Crippen LogP contribution in [0.15, 0.2) is 30.7 Å². The molecule has 16 heteroatoms. The molecule has 1 atom stereocenters. The lowest BCUT2D eigenvalue weighted by Gasteiger charge is -2.39. The number of nitrogens with zero attached hydrogens (tertiary/aromatic N) is 5. The van der Waals surface area contributed by atoms with Crippen LogP contribution in [-0.4, -0.2) is 98.2 Å². The average Bonchev–Trinajstić information content (AvgIpc) is 3.22. The van der Waals surface area contributed by atoms with Crippen LogP contribution in [0.4, 0.5) is 26.3 Å². The first-order valence-electron chi connectivity index (χ1n) is 11.2. The summed E-state index contributed by atoms with van der Waals surface area (Å²) in [6.45, 7) is 6.64. The van der Waals surface area contributed by atoms with E-state index in [1.165, 1.54) is 11.4 Å². The molecular weight excluding hydrogens is 528 g/mol. The molecule has 1 saturated heterocycles. The maximum Gasteiger partial charge on any atom is 0.490 e. The van der Waals surface area contributed by atoms with Crippen LogP contribution >= 0.6 is 0 Å². The molecule has 2 N–H and O–H groups in total. The standard InChI is InChI=1S/C18H25N5O.2C2HF3O2/c1-21-14-20-18-16(21)5-7-23(12-15-4-2-3-6-19-15)17(18)13-22-8-10-24-11-9-22;2*3-2(4,5)1(6)7/h2-4,6,14,17H,5,7-13H2,1H3;2*(H,6,7). The summed E-state index contributed by atoms with van der Waals surface area (Å²) in [6, 6.07) is 6.48. The van der Waals surface area contributed by atoms with Crippen LogP contribution in [0.3, 0.4) is 0 Å². The zero-order chi connectivity index (χ0) is 28.5. The van der Waals surface area contributed by atoms with Gasteiger partial charge in [-0.15, -0.1) is 0 Å². The molecule has 212 valence electrons. The van der Waals surface area contributed by atoms with E-state index in [4.69, 9.17) is 29.5 Å². The van der Waals surface area contributed by atoms with Gasteiger partial charge in [0.2, 0.25) is 0 Å². The minimum absolute atomic E-state index is 0.329. The lowest BCUT2D eigenvalue weighted by molar-refractivity contribution is -0.193. The molecular formula is C22H27F6N5O5. The number of hydrogen-bond acceptors (Lipinski definition) is 7. The highest BCUT2D eigenvalue weighted by molar-refractivity contribution is 5.73. The summed E-state index contributed by atoms with van der Waals surface area (Å²) in [4.78, 5) is 32.1. The summed E-state index contributed by atoms with van der Waals surface area (Å²) in [5.74, 6) is -5.51. The molecule has 0 aliphatic carbocycles. The second kappa shape index (κ2) is 13.5. The summed E-state index contributed by atoms with van der Waals surface area (Å²) in [5.41, 5.74) is 3.75. The Labute approximate surface area is 213 Å². The third-order valence-electron chi connectivity index (χ3n) is 5.59. The number of carbonyl (C=O) groups is 2. The quantitative estimate of drug-likeness (QED) is 0.549. The zero-order valence-electron chi connectivity index (χ0n) is 20.2. The number of imidazole rings is 1. The van der Waals surface area contributed by atoms with Gasteiger partial charge < -0.3 is 19.5 Å². The summed E-state index contributed by atoms with van der Waals surface area (Å²) >= 11 is 0. The van der Waals surface area contributed by atoms with Gasteiger partial charge >= 0.3 is 24.3 Å². The van der Waals surface area contributed by atoms with Crippen LogP contribution in [0.5, 0.6) is 0 Å². The van der Waals surface area contributed by atoms with Gasteiger partial charge in [-0.2, -0.15) is 26.3 Å². The molecule has 38 heavy (non-hydrogen) atoms. The highest BCUT2D eigenvalue weighted by Crippen LogP contribution is 2.30. The molecule has 0 amide bonds. The van der Waals surface area contributed by atoms with E-state index in [9.17, 15) is 26.3 Å². The molecule has 2 aromatic heterocycles. The molecule has 4 rings (SSSR count). The van der Waals surface area contributed by atoms with E-state index >= 15 is 0 Å². The predicted octanol–water partition coefficient (Wildman–Crippen LogP) is 2.51. The lowest BCUT2D eigenvalue weighted by atomic mass is 10.0. The van der Waals surface area contributed by atoms with Gasteiger partial charge in [0, 0.05) is 58.1 Å². The summed E-state index contributed by atoms with van der Waals surface area (Å²) in [5, 5.41) is 14.2. The number of aliphatic carboxylic acids is 2. The molecule has 0 radical (unpaired) electrons. The van der Waals surface area contributed by atoms with Gasteiger partial charge in [0.25, 0.3) is 0 Å². The fraction of sp³-hybridized carbons (Fsp3) is 0.545. The van der Waals surface area contributed by atoms with E-state index in [1.54, 1.807) is 0 Å². The zero-order valence-corrected chi connectivity index (χ0v) is 20.2. The normalized spacial score (nSPS) is 18.3. The van der Waals surface area contributed by atoms with Crippen molar-refractivity contribution < 1.29 is 50.9 Å². The Hall–Kier alpha value is -3.24. The number of pyridine rings is 1. The fourth-order valence-electron chi connectivity index (χ4n) is 3.75. The second-order valence-corrected chi connectivity index (χ2v) is 8.26. The molecule has 2 aliphatic heterocycles.